The van der Waals surface area contributed by atoms with E-state index in [0.717, 1.165) is 12.8 Å². The normalized spacial score (nSPS) is 16.5. The van der Waals surface area contributed by atoms with Crippen LogP contribution >= 0.6 is 11.6 Å². The molecule has 0 unspecified atom stereocenters. The highest BCUT2D eigenvalue weighted by Crippen LogP contribution is 2.42. The molecule has 0 saturated heterocycles. The maximum Gasteiger partial charge on any atom is 0.421 e. The van der Waals surface area contributed by atoms with Crippen molar-refractivity contribution >= 4 is 11.6 Å². The summed E-state index contributed by atoms with van der Waals surface area (Å²) in [5.74, 6) is -0.169. The quantitative estimate of drug-likeness (QED) is 0.757. The summed E-state index contributed by atoms with van der Waals surface area (Å²) in [6.07, 6.45) is -2.93. The van der Waals surface area contributed by atoms with Crippen LogP contribution in [0.25, 0.3) is 0 Å². The first-order valence-electron chi connectivity index (χ1n) is 4.51. The second-order valence-corrected chi connectivity index (χ2v) is 3.84. The van der Waals surface area contributed by atoms with Crippen LogP contribution in [0.3, 0.4) is 0 Å². The first-order valence-corrected chi connectivity index (χ1v) is 4.88. The lowest BCUT2D eigenvalue weighted by Gasteiger charge is -2.14. The van der Waals surface area contributed by atoms with Crippen molar-refractivity contribution in [1.29, 1.82) is 0 Å². The van der Waals surface area contributed by atoms with Gasteiger partial charge in [-0.25, -0.2) is 0 Å². The summed E-state index contributed by atoms with van der Waals surface area (Å²) in [5.41, 5.74) is -0.876. The van der Waals surface area contributed by atoms with Gasteiger partial charge in [-0.2, -0.15) is 13.2 Å². The Labute approximate surface area is 89.8 Å². The van der Waals surface area contributed by atoms with E-state index in [1.54, 1.807) is 0 Å². The van der Waals surface area contributed by atoms with Gasteiger partial charge < -0.3 is 4.74 Å². The predicted molar refractivity (Wildman–Crippen MR) is 50.1 cm³/mol. The number of rotatable bonds is 2. The minimum atomic E-state index is -4.47. The van der Waals surface area contributed by atoms with E-state index in [9.17, 15) is 13.2 Å². The summed E-state index contributed by atoms with van der Waals surface area (Å²) >= 11 is 5.52. The Morgan fingerprint density at radius 2 is 1.93 bits per heavy atom. The lowest BCUT2D eigenvalue weighted by Crippen LogP contribution is -2.10. The number of benzene rings is 1. The van der Waals surface area contributed by atoms with Crippen molar-refractivity contribution in [3.63, 3.8) is 0 Å². The molecule has 0 heterocycles. The third kappa shape index (κ3) is 2.37. The molecule has 1 fully saturated rings. The standard InChI is InChI=1S/C10H8ClF3O/c11-7-2-1-3-8(15-6-4-5-6)9(7)10(12,13)14/h1-3,6H,4-5H2. The summed E-state index contributed by atoms with van der Waals surface area (Å²) in [4.78, 5) is 0. The van der Waals surface area contributed by atoms with Gasteiger partial charge in [0.15, 0.2) is 0 Å². The van der Waals surface area contributed by atoms with Crippen molar-refractivity contribution < 1.29 is 17.9 Å². The number of hydrogen-bond donors (Lipinski definition) is 0. The Balaban J connectivity index is 2.38. The maximum absolute atomic E-state index is 12.6. The maximum atomic E-state index is 12.6. The summed E-state index contributed by atoms with van der Waals surface area (Å²) in [6, 6.07) is 3.96. The highest BCUT2D eigenvalue weighted by atomic mass is 35.5. The summed E-state index contributed by atoms with van der Waals surface area (Å²) in [5, 5.41) is -0.319. The summed E-state index contributed by atoms with van der Waals surface area (Å²) < 4.78 is 43.0. The van der Waals surface area contributed by atoms with Gasteiger partial charge in [-0.05, 0) is 25.0 Å². The van der Waals surface area contributed by atoms with Crippen molar-refractivity contribution in [1.82, 2.24) is 0 Å². The Kier molecular flexibility index (Phi) is 2.54. The predicted octanol–water partition coefficient (Wildman–Crippen LogP) is 3.90. The van der Waals surface area contributed by atoms with E-state index in [4.69, 9.17) is 16.3 Å². The molecule has 1 aromatic carbocycles. The molecule has 0 amide bonds. The Hall–Kier alpha value is -0.900. The fourth-order valence-corrected chi connectivity index (χ4v) is 1.52. The fraction of sp³-hybridized carbons (Fsp3) is 0.400. The Bertz CT molecular complexity index is 371. The van der Waals surface area contributed by atoms with Gasteiger partial charge in [0, 0.05) is 0 Å². The van der Waals surface area contributed by atoms with Crippen LogP contribution in [-0.2, 0) is 6.18 Å². The van der Waals surface area contributed by atoms with Crippen molar-refractivity contribution in [2.45, 2.75) is 25.1 Å². The Morgan fingerprint density at radius 1 is 1.27 bits per heavy atom. The molecule has 1 aliphatic carbocycles. The zero-order valence-electron chi connectivity index (χ0n) is 7.64. The number of halogens is 4. The van der Waals surface area contributed by atoms with E-state index in [1.165, 1.54) is 18.2 Å². The first kappa shape index (κ1) is 10.6. The average molecular weight is 237 g/mol. The van der Waals surface area contributed by atoms with Crippen molar-refractivity contribution in [2.75, 3.05) is 0 Å². The zero-order chi connectivity index (χ0) is 11.1. The monoisotopic (exact) mass is 236 g/mol. The molecule has 0 radical (unpaired) electrons. The molecule has 0 spiro atoms. The van der Waals surface area contributed by atoms with Crippen molar-refractivity contribution in [3.8, 4) is 5.75 Å². The minimum Gasteiger partial charge on any atom is -0.490 e. The van der Waals surface area contributed by atoms with Gasteiger partial charge in [-0.1, -0.05) is 17.7 Å². The van der Waals surface area contributed by atoms with Crippen molar-refractivity contribution in [3.05, 3.63) is 28.8 Å². The van der Waals surface area contributed by atoms with Crippen LogP contribution in [-0.4, -0.2) is 6.10 Å². The van der Waals surface area contributed by atoms with E-state index in [-0.39, 0.29) is 16.9 Å². The molecule has 0 N–H and O–H groups in total. The SMILES string of the molecule is FC(F)(F)c1c(Cl)cccc1OC1CC1. The smallest absolute Gasteiger partial charge is 0.421 e. The molecule has 2 rings (SSSR count). The van der Waals surface area contributed by atoms with Gasteiger partial charge in [-0.3, -0.25) is 0 Å². The molecular weight excluding hydrogens is 229 g/mol. The Morgan fingerprint density at radius 3 is 2.47 bits per heavy atom. The van der Waals surface area contributed by atoms with E-state index in [1.807, 2.05) is 0 Å². The molecule has 0 bridgehead atoms. The summed E-state index contributed by atoms with van der Waals surface area (Å²) in [7, 11) is 0. The van der Waals surface area contributed by atoms with Gasteiger partial charge in [0.1, 0.15) is 11.3 Å². The van der Waals surface area contributed by atoms with Crippen molar-refractivity contribution in [2.24, 2.45) is 0 Å². The number of hydrogen-bond acceptors (Lipinski definition) is 1. The molecule has 1 saturated carbocycles. The van der Waals surface area contributed by atoms with Gasteiger partial charge in [0.2, 0.25) is 0 Å². The van der Waals surface area contributed by atoms with Crippen LogP contribution in [0.15, 0.2) is 18.2 Å². The molecule has 1 aliphatic rings. The largest absolute Gasteiger partial charge is 0.490 e. The van der Waals surface area contributed by atoms with Gasteiger partial charge in [-0.15, -0.1) is 0 Å². The minimum absolute atomic E-state index is 0.0791. The molecule has 0 atom stereocenters. The second-order valence-electron chi connectivity index (χ2n) is 3.43. The van der Waals surface area contributed by atoms with Crippen LogP contribution in [0, 0.1) is 0 Å². The molecular formula is C10H8ClF3O. The highest BCUT2D eigenvalue weighted by molar-refractivity contribution is 6.31. The second kappa shape index (κ2) is 3.59. The fourth-order valence-electron chi connectivity index (χ4n) is 1.24. The van der Waals surface area contributed by atoms with E-state index >= 15 is 0 Å². The van der Waals surface area contributed by atoms with E-state index in [0.29, 0.717) is 0 Å². The van der Waals surface area contributed by atoms with Gasteiger partial charge in [0.25, 0.3) is 0 Å². The third-order valence-electron chi connectivity index (χ3n) is 2.08. The van der Waals surface area contributed by atoms with Crippen LogP contribution in [0.4, 0.5) is 13.2 Å². The average Bonchev–Trinajstić information content (AvgIpc) is 2.85. The molecule has 82 valence electrons. The van der Waals surface area contributed by atoms with Gasteiger partial charge >= 0.3 is 6.18 Å². The zero-order valence-corrected chi connectivity index (χ0v) is 8.40. The first-order chi connectivity index (χ1) is 6.98. The molecule has 0 aliphatic heterocycles. The van der Waals surface area contributed by atoms with Crippen LogP contribution in [0.5, 0.6) is 5.75 Å². The van der Waals surface area contributed by atoms with E-state index < -0.39 is 11.7 Å². The highest BCUT2D eigenvalue weighted by Gasteiger charge is 2.38. The molecule has 0 aromatic heterocycles. The molecule has 5 heteroatoms. The third-order valence-corrected chi connectivity index (χ3v) is 2.39. The molecule has 1 aromatic rings. The lowest BCUT2D eigenvalue weighted by molar-refractivity contribution is -0.138. The van der Waals surface area contributed by atoms with Crippen LogP contribution in [0.2, 0.25) is 5.02 Å². The number of alkyl halides is 3. The lowest BCUT2D eigenvalue weighted by atomic mass is 10.2. The molecule has 1 nitrogen and oxygen atoms in total. The van der Waals surface area contributed by atoms with E-state index in [2.05, 4.69) is 0 Å². The van der Waals surface area contributed by atoms with Crippen LogP contribution < -0.4 is 4.74 Å². The van der Waals surface area contributed by atoms with Crippen LogP contribution in [0.1, 0.15) is 18.4 Å². The topological polar surface area (TPSA) is 9.23 Å². The summed E-state index contributed by atoms with van der Waals surface area (Å²) in [6.45, 7) is 0. The molecule has 15 heavy (non-hydrogen) atoms. The van der Waals surface area contributed by atoms with Gasteiger partial charge in [0.05, 0.1) is 11.1 Å². The number of ether oxygens (including phenoxy) is 1.